The number of allylic oxidation sites excluding steroid dienone is 2. The Bertz CT molecular complexity index is 435. The highest BCUT2D eigenvalue weighted by Gasteiger charge is 2.52. The van der Waals surface area contributed by atoms with Crippen molar-refractivity contribution in [1.29, 1.82) is 0 Å². The Hall–Kier alpha value is -1.74. The Kier molecular flexibility index (Phi) is 2.48. The number of fused-ring (bicyclic) bond motifs is 2. The average Bonchev–Trinajstić information content (AvgIpc) is 2.90. The van der Waals surface area contributed by atoms with Gasteiger partial charge in [0.15, 0.2) is 0 Å². The van der Waals surface area contributed by atoms with E-state index in [0.29, 0.717) is 18.8 Å². The van der Waals surface area contributed by atoms with E-state index in [1.165, 1.54) is 0 Å². The molecule has 1 fully saturated rings. The molecule has 0 N–H and O–H groups in total. The third-order valence-corrected chi connectivity index (χ3v) is 3.42. The zero-order chi connectivity index (χ0) is 11.8. The third kappa shape index (κ3) is 1.41. The predicted molar refractivity (Wildman–Crippen MR) is 54.6 cm³/mol. The SMILES string of the molecule is COC(=O)C(=[N+]=[N-])C(=O)C12C=CC(CC1)C2. The lowest BCUT2D eigenvalue weighted by Gasteiger charge is -2.17. The normalized spacial score (nSPS) is 29.9. The summed E-state index contributed by atoms with van der Waals surface area (Å²) >= 11 is 0. The molecule has 2 rings (SSSR count). The number of hydrogen-bond donors (Lipinski definition) is 0. The van der Waals surface area contributed by atoms with Crippen LogP contribution in [-0.2, 0) is 14.3 Å². The molecule has 0 spiro atoms. The third-order valence-electron chi connectivity index (χ3n) is 3.42. The van der Waals surface area contributed by atoms with Gasteiger partial charge in [-0.15, -0.1) is 0 Å². The van der Waals surface area contributed by atoms with Crippen LogP contribution in [0, 0.1) is 11.3 Å². The Balaban J connectivity index is 2.29. The number of carbonyl (C=O) groups is 2. The van der Waals surface area contributed by atoms with Gasteiger partial charge < -0.3 is 10.3 Å². The van der Waals surface area contributed by atoms with Crippen molar-refractivity contribution in [1.82, 2.24) is 0 Å². The monoisotopic (exact) mass is 220 g/mol. The molecular formula is C11H12N2O3. The molecule has 0 aromatic heterocycles. The van der Waals surface area contributed by atoms with E-state index in [1.54, 1.807) is 0 Å². The lowest BCUT2D eigenvalue weighted by atomic mass is 9.81. The summed E-state index contributed by atoms with van der Waals surface area (Å²) in [6.07, 6.45) is 6.19. The first-order valence-electron chi connectivity index (χ1n) is 5.17. The highest BCUT2D eigenvalue weighted by molar-refractivity contribution is 6.63. The molecule has 2 atom stereocenters. The van der Waals surface area contributed by atoms with E-state index >= 15 is 0 Å². The Morgan fingerprint density at radius 1 is 1.56 bits per heavy atom. The van der Waals surface area contributed by atoms with Gasteiger partial charge in [-0.05, 0) is 25.2 Å². The van der Waals surface area contributed by atoms with Crippen molar-refractivity contribution >= 4 is 17.5 Å². The molecule has 2 unspecified atom stereocenters. The highest BCUT2D eigenvalue weighted by atomic mass is 16.5. The van der Waals surface area contributed by atoms with E-state index in [-0.39, 0.29) is 0 Å². The smallest absolute Gasteiger partial charge is 0.442 e. The fourth-order valence-electron chi connectivity index (χ4n) is 2.54. The van der Waals surface area contributed by atoms with E-state index in [9.17, 15) is 9.59 Å². The van der Waals surface area contributed by atoms with Gasteiger partial charge >= 0.3 is 11.7 Å². The molecule has 0 aromatic rings. The minimum Gasteiger partial charge on any atom is -0.460 e. The fraction of sp³-hybridized carbons (Fsp3) is 0.545. The van der Waals surface area contributed by atoms with Gasteiger partial charge in [0.05, 0.1) is 12.5 Å². The molecule has 1 saturated carbocycles. The van der Waals surface area contributed by atoms with Crippen LogP contribution in [0.1, 0.15) is 19.3 Å². The van der Waals surface area contributed by atoms with Crippen molar-refractivity contribution in [3.8, 4) is 0 Å². The molecule has 0 heterocycles. The summed E-state index contributed by atoms with van der Waals surface area (Å²) < 4.78 is 4.41. The number of methoxy groups -OCH3 is 1. The highest BCUT2D eigenvalue weighted by Crippen LogP contribution is 2.49. The molecule has 0 aliphatic heterocycles. The van der Waals surface area contributed by atoms with Crippen molar-refractivity contribution in [3.63, 3.8) is 0 Å². The van der Waals surface area contributed by atoms with E-state index in [1.807, 2.05) is 12.2 Å². The van der Waals surface area contributed by atoms with Crippen molar-refractivity contribution in [2.24, 2.45) is 11.3 Å². The first-order valence-corrected chi connectivity index (χ1v) is 5.17. The molecule has 0 amide bonds. The second-order valence-corrected chi connectivity index (χ2v) is 4.29. The van der Waals surface area contributed by atoms with Crippen LogP contribution in [0.4, 0.5) is 0 Å². The fourth-order valence-corrected chi connectivity index (χ4v) is 2.54. The van der Waals surface area contributed by atoms with Crippen LogP contribution in [0.25, 0.3) is 5.53 Å². The van der Waals surface area contributed by atoms with Crippen LogP contribution in [0.5, 0.6) is 0 Å². The van der Waals surface area contributed by atoms with Gasteiger partial charge in [-0.25, -0.2) is 4.79 Å². The summed E-state index contributed by atoms with van der Waals surface area (Å²) in [6, 6.07) is 0. The predicted octanol–water partition coefficient (Wildman–Crippen LogP) is 0.756. The Morgan fingerprint density at radius 2 is 2.31 bits per heavy atom. The van der Waals surface area contributed by atoms with Gasteiger partial charge in [0.1, 0.15) is 0 Å². The number of hydrogen-bond acceptors (Lipinski definition) is 3. The van der Waals surface area contributed by atoms with Crippen LogP contribution in [0.2, 0.25) is 0 Å². The van der Waals surface area contributed by atoms with Crippen molar-refractivity contribution in [3.05, 3.63) is 17.7 Å². The van der Waals surface area contributed by atoms with Crippen LogP contribution < -0.4 is 0 Å². The molecule has 2 aliphatic carbocycles. The van der Waals surface area contributed by atoms with E-state index in [0.717, 1.165) is 13.5 Å². The molecule has 0 saturated heterocycles. The summed E-state index contributed by atoms with van der Waals surface area (Å²) in [5.41, 5.74) is 7.58. The number of rotatable bonds is 3. The molecule has 5 nitrogen and oxygen atoms in total. The number of Topliss-reactive ketones (excluding diaryl/α,β-unsaturated/α-hetero) is 1. The van der Waals surface area contributed by atoms with E-state index < -0.39 is 22.9 Å². The maximum Gasteiger partial charge on any atom is 0.442 e. The lowest BCUT2D eigenvalue weighted by Crippen LogP contribution is -2.37. The summed E-state index contributed by atoms with van der Waals surface area (Å²) in [6.45, 7) is 0. The van der Waals surface area contributed by atoms with Gasteiger partial charge in [0.2, 0.25) is 0 Å². The first-order chi connectivity index (χ1) is 7.63. The van der Waals surface area contributed by atoms with Crippen molar-refractivity contribution < 1.29 is 19.1 Å². The Morgan fingerprint density at radius 3 is 2.69 bits per heavy atom. The van der Waals surface area contributed by atoms with Gasteiger partial charge in [-0.1, -0.05) is 12.2 Å². The summed E-state index contributed by atoms with van der Waals surface area (Å²) in [7, 11) is 1.15. The molecule has 16 heavy (non-hydrogen) atoms. The largest absolute Gasteiger partial charge is 0.460 e. The molecule has 84 valence electrons. The van der Waals surface area contributed by atoms with E-state index in [4.69, 9.17) is 5.53 Å². The number of ketones is 1. The van der Waals surface area contributed by atoms with E-state index in [2.05, 4.69) is 9.53 Å². The van der Waals surface area contributed by atoms with Crippen molar-refractivity contribution in [2.45, 2.75) is 19.3 Å². The van der Waals surface area contributed by atoms with Gasteiger partial charge in [-0.2, -0.15) is 4.79 Å². The zero-order valence-corrected chi connectivity index (χ0v) is 8.97. The number of nitrogens with zero attached hydrogens (tertiary/aromatic N) is 2. The number of esters is 1. The average molecular weight is 220 g/mol. The van der Waals surface area contributed by atoms with Crippen LogP contribution in [0.15, 0.2) is 12.2 Å². The summed E-state index contributed by atoms with van der Waals surface area (Å²) in [5, 5.41) is 0. The van der Waals surface area contributed by atoms with Gasteiger partial charge in [-0.3, -0.25) is 4.79 Å². The maximum atomic E-state index is 12.1. The standard InChI is InChI=1S/C11H12N2O3/c1-16-10(15)8(13-12)9(14)11-4-2-7(6-11)3-5-11/h2,4,7H,3,5-6H2,1H3. The molecular weight excluding hydrogens is 208 g/mol. The van der Waals surface area contributed by atoms with Crippen LogP contribution >= 0.6 is 0 Å². The lowest BCUT2D eigenvalue weighted by molar-refractivity contribution is -0.141. The first kappa shape index (κ1) is 10.8. The van der Waals surface area contributed by atoms with Gasteiger partial charge in [0.25, 0.3) is 5.78 Å². The Labute approximate surface area is 92.7 Å². The summed E-state index contributed by atoms with van der Waals surface area (Å²) in [5.74, 6) is -0.898. The van der Waals surface area contributed by atoms with Crippen LogP contribution in [0.3, 0.4) is 0 Å². The minimum atomic E-state index is -0.884. The van der Waals surface area contributed by atoms with Crippen LogP contribution in [-0.4, -0.2) is 29.4 Å². The summed E-state index contributed by atoms with van der Waals surface area (Å²) in [4.78, 5) is 26.1. The molecule has 2 bridgehead atoms. The minimum absolute atomic E-state index is 0.418. The second-order valence-electron chi connectivity index (χ2n) is 4.29. The number of carbonyl (C=O) groups excluding carboxylic acids is 2. The zero-order valence-electron chi connectivity index (χ0n) is 8.97. The molecule has 5 heteroatoms. The number of ether oxygens (including phenoxy) is 1. The quantitative estimate of drug-likeness (QED) is 0.176. The van der Waals surface area contributed by atoms with Crippen molar-refractivity contribution in [2.75, 3.05) is 7.11 Å². The molecule has 0 radical (unpaired) electrons. The second kappa shape index (κ2) is 3.68. The maximum absolute atomic E-state index is 12.1. The topological polar surface area (TPSA) is 79.8 Å². The molecule has 0 aromatic carbocycles. The molecule has 2 aliphatic rings. The van der Waals surface area contributed by atoms with Gasteiger partial charge in [0, 0.05) is 0 Å².